The Kier molecular flexibility index (Phi) is 9.65. The number of hydrogen-bond acceptors (Lipinski definition) is 4. The normalized spacial score (nSPS) is 11.0. The standard InChI is InChI=1S/C18H22O5S.K/c1-2-3-4-8-11-15-17(24(20,21)22)13-12-16(18(15)19)23-14-9-6-5-7-10-14;/h5-7,9-10,12-13,19H,2-4,8,11H2,1H3,(H,20,21,22);/q;+1/p-1. The maximum atomic E-state index is 12.6. The monoisotopic (exact) mass is 388 g/mol. The van der Waals surface area contributed by atoms with E-state index in [9.17, 15) is 18.1 Å². The summed E-state index contributed by atoms with van der Waals surface area (Å²) in [6, 6.07) is 11.3. The Morgan fingerprint density at radius 3 is 2.32 bits per heavy atom. The summed E-state index contributed by atoms with van der Waals surface area (Å²) < 4.78 is 38.0. The molecule has 0 heterocycles. The zero-order chi connectivity index (χ0) is 17.6. The molecule has 25 heavy (non-hydrogen) atoms. The molecule has 0 atom stereocenters. The number of hydrogen-bond donors (Lipinski definition) is 1. The van der Waals surface area contributed by atoms with Crippen LogP contribution in [0.1, 0.15) is 38.2 Å². The molecule has 7 heteroatoms. The predicted octanol–water partition coefficient (Wildman–Crippen LogP) is 0.926. The summed E-state index contributed by atoms with van der Waals surface area (Å²) in [5, 5.41) is 12.6. The molecule has 0 aromatic heterocycles. The van der Waals surface area contributed by atoms with Crippen molar-refractivity contribution in [3.63, 3.8) is 0 Å². The maximum absolute atomic E-state index is 12.6. The zero-order valence-electron chi connectivity index (χ0n) is 14.6. The van der Waals surface area contributed by atoms with Crippen LogP contribution in [0.3, 0.4) is 0 Å². The summed E-state index contributed by atoms with van der Waals surface area (Å²) in [6.07, 6.45) is 3.91. The fourth-order valence-electron chi connectivity index (χ4n) is 2.49. The van der Waals surface area contributed by atoms with Crippen molar-refractivity contribution < 1.29 is 74.2 Å². The second kappa shape index (κ2) is 10.7. The third-order valence-corrected chi connectivity index (χ3v) is 4.65. The van der Waals surface area contributed by atoms with E-state index in [1.54, 1.807) is 24.3 Å². The summed E-state index contributed by atoms with van der Waals surface area (Å²) in [4.78, 5) is -0.329. The van der Waals surface area contributed by atoms with Crippen molar-refractivity contribution in [2.45, 2.75) is 43.9 Å². The molecule has 0 spiro atoms. The van der Waals surface area contributed by atoms with Crippen molar-refractivity contribution >= 4 is 10.1 Å². The van der Waals surface area contributed by atoms with Crippen LogP contribution in [0.5, 0.6) is 17.2 Å². The molecule has 130 valence electrons. The second-order valence-electron chi connectivity index (χ2n) is 5.57. The summed E-state index contributed by atoms with van der Waals surface area (Å²) >= 11 is 0. The van der Waals surface area contributed by atoms with E-state index in [0.717, 1.165) is 19.3 Å². The summed E-state index contributed by atoms with van der Waals surface area (Å²) in [5.41, 5.74) is 0.0852. The summed E-state index contributed by atoms with van der Waals surface area (Å²) in [6.45, 7) is 2.07. The number of unbranched alkanes of at least 4 members (excludes halogenated alkanes) is 3. The molecule has 0 aliphatic carbocycles. The molecule has 5 nitrogen and oxygen atoms in total. The van der Waals surface area contributed by atoms with Gasteiger partial charge in [0.1, 0.15) is 11.5 Å². The molecule has 0 radical (unpaired) electrons. The Morgan fingerprint density at radius 1 is 1.04 bits per heavy atom. The molecule has 0 saturated heterocycles. The van der Waals surface area contributed by atoms with Crippen LogP contribution in [0.25, 0.3) is 0 Å². The quantitative estimate of drug-likeness (QED) is 0.413. The van der Waals surface area contributed by atoms with Crippen LogP contribution in [-0.4, -0.2) is 13.0 Å². The SMILES string of the molecule is CCCCCCc1c(S(=O)(=O)O)ccc(Oc2ccccc2)c1[O-].[K+]. The van der Waals surface area contributed by atoms with Crippen molar-refractivity contribution in [1.29, 1.82) is 0 Å². The molecule has 0 saturated carbocycles. The van der Waals surface area contributed by atoms with Crippen LogP contribution in [0.2, 0.25) is 0 Å². The Balaban J connectivity index is 0.00000312. The molecule has 2 aromatic rings. The van der Waals surface area contributed by atoms with Gasteiger partial charge in [0.05, 0.1) is 4.90 Å². The van der Waals surface area contributed by atoms with Crippen molar-refractivity contribution in [3.8, 4) is 17.2 Å². The number of para-hydroxylation sites is 1. The van der Waals surface area contributed by atoms with Crippen LogP contribution >= 0.6 is 0 Å². The van der Waals surface area contributed by atoms with Gasteiger partial charge in [-0.3, -0.25) is 4.55 Å². The number of ether oxygens (including phenoxy) is 1. The van der Waals surface area contributed by atoms with Gasteiger partial charge in [-0.2, -0.15) is 8.42 Å². The van der Waals surface area contributed by atoms with Crippen LogP contribution in [0, 0.1) is 0 Å². The van der Waals surface area contributed by atoms with Gasteiger partial charge in [-0.1, -0.05) is 50.1 Å². The molecule has 1 N–H and O–H groups in total. The van der Waals surface area contributed by atoms with E-state index >= 15 is 0 Å². The van der Waals surface area contributed by atoms with Gasteiger partial charge in [0, 0.05) is 0 Å². The van der Waals surface area contributed by atoms with E-state index in [-0.39, 0.29) is 67.6 Å². The van der Waals surface area contributed by atoms with E-state index in [1.807, 2.05) is 6.07 Å². The van der Waals surface area contributed by atoms with E-state index in [1.165, 1.54) is 12.1 Å². The average Bonchev–Trinajstić information content (AvgIpc) is 2.54. The Bertz CT molecular complexity index is 776. The molecule has 0 amide bonds. The Morgan fingerprint density at radius 2 is 1.72 bits per heavy atom. The summed E-state index contributed by atoms with van der Waals surface area (Å²) in [7, 11) is -4.44. The van der Waals surface area contributed by atoms with Crippen LogP contribution in [0.15, 0.2) is 47.4 Å². The fourth-order valence-corrected chi connectivity index (χ4v) is 3.24. The van der Waals surface area contributed by atoms with Crippen molar-refractivity contribution in [2.75, 3.05) is 0 Å². The first-order valence-corrected chi connectivity index (χ1v) is 9.40. The molecular formula is C18H21KO5S. The number of rotatable bonds is 8. The van der Waals surface area contributed by atoms with E-state index in [4.69, 9.17) is 4.74 Å². The maximum Gasteiger partial charge on any atom is 1.00 e. The minimum absolute atomic E-state index is 0. The van der Waals surface area contributed by atoms with E-state index < -0.39 is 15.9 Å². The van der Waals surface area contributed by atoms with Gasteiger partial charge < -0.3 is 9.84 Å². The largest absolute Gasteiger partial charge is 1.00 e. The first kappa shape index (κ1) is 22.6. The molecule has 0 fully saturated rings. The molecule has 0 unspecified atom stereocenters. The second-order valence-corrected chi connectivity index (χ2v) is 6.96. The Labute approximate surface area is 191 Å². The van der Waals surface area contributed by atoms with Gasteiger partial charge in [-0.25, -0.2) is 0 Å². The average molecular weight is 389 g/mol. The van der Waals surface area contributed by atoms with Gasteiger partial charge >= 0.3 is 51.4 Å². The molecule has 0 bridgehead atoms. The van der Waals surface area contributed by atoms with Crippen LogP contribution in [-0.2, 0) is 16.5 Å². The van der Waals surface area contributed by atoms with Crippen molar-refractivity contribution in [2.24, 2.45) is 0 Å². The van der Waals surface area contributed by atoms with Gasteiger partial charge in [0.25, 0.3) is 10.1 Å². The molecule has 0 aliphatic heterocycles. The molecule has 2 aromatic carbocycles. The third-order valence-electron chi connectivity index (χ3n) is 3.71. The first-order chi connectivity index (χ1) is 11.4. The fraction of sp³-hybridized carbons (Fsp3) is 0.333. The third kappa shape index (κ3) is 6.67. The van der Waals surface area contributed by atoms with Gasteiger partial charge in [-0.05, 0) is 42.7 Å². The predicted molar refractivity (Wildman–Crippen MR) is 90.1 cm³/mol. The summed E-state index contributed by atoms with van der Waals surface area (Å²) in [5.74, 6) is 0.0516. The van der Waals surface area contributed by atoms with Gasteiger partial charge in [0.2, 0.25) is 0 Å². The van der Waals surface area contributed by atoms with Crippen LogP contribution < -0.4 is 61.2 Å². The minimum Gasteiger partial charge on any atom is -0.870 e. The van der Waals surface area contributed by atoms with Crippen LogP contribution in [0.4, 0.5) is 0 Å². The minimum atomic E-state index is -4.44. The first-order valence-electron chi connectivity index (χ1n) is 7.96. The molecule has 2 rings (SSSR count). The Hall–Kier alpha value is -0.414. The van der Waals surface area contributed by atoms with Gasteiger partial charge in [-0.15, -0.1) is 0 Å². The van der Waals surface area contributed by atoms with Crippen molar-refractivity contribution in [3.05, 3.63) is 48.0 Å². The van der Waals surface area contributed by atoms with E-state index in [2.05, 4.69) is 6.92 Å². The molecular weight excluding hydrogens is 367 g/mol. The zero-order valence-corrected chi connectivity index (χ0v) is 18.5. The van der Waals surface area contributed by atoms with Crippen molar-refractivity contribution in [1.82, 2.24) is 0 Å². The molecule has 0 aliphatic rings. The smallest absolute Gasteiger partial charge is 0.870 e. The van der Waals surface area contributed by atoms with E-state index in [0.29, 0.717) is 18.6 Å². The van der Waals surface area contributed by atoms with Gasteiger partial charge in [0.15, 0.2) is 0 Å². The number of benzene rings is 2. The topological polar surface area (TPSA) is 86.7 Å².